The number of para-hydroxylation sites is 1. The topological polar surface area (TPSA) is 84.2 Å². The van der Waals surface area contributed by atoms with Gasteiger partial charge in [-0.05, 0) is 25.5 Å². The molecule has 1 aromatic carbocycles. The molecular weight excluding hydrogens is 242 g/mol. The lowest BCUT2D eigenvalue weighted by molar-refractivity contribution is -0.121. The zero-order valence-electron chi connectivity index (χ0n) is 11.4. The molecule has 0 aliphatic heterocycles. The lowest BCUT2D eigenvalue weighted by Gasteiger charge is -2.11. The predicted molar refractivity (Wildman–Crippen MR) is 75.7 cm³/mol. The van der Waals surface area contributed by atoms with E-state index in [-0.39, 0.29) is 24.3 Å². The van der Waals surface area contributed by atoms with Crippen molar-refractivity contribution in [3.05, 3.63) is 29.8 Å². The van der Waals surface area contributed by atoms with Gasteiger partial charge in [-0.2, -0.15) is 0 Å². The number of rotatable bonds is 6. The average Bonchev–Trinajstić information content (AvgIpc) is 2.38. The highest BCUT2D eigenvalue weighted by Gasteiger charge is 2.09. The van der Waals surface area contributed by atoms with E-state index in [1.165, 1.54) is 0 Å². The zero-order valence-corrected chi connectivity index (χ0v) is 11.4. The summed E-state index contributed by atoms with van der Waals surface area (Å²) in [5.41, 5.74) is 6.57. The van der Waals surface area contributed by atoms with Crippen LogP contribution in [0.15, 0.2) is 24.3 Å². The second kappa shape index (κ2) is 7.41. The molecular formula is C14H21N3O2. The van der Waals surface area contributed by atoms with Gasteiger partial charge < -0.3 is 16.4 Å². The van der Waals surface area contributed by atoms with Crippen molar-refractivity contribution < 1.29 is 9.59 Å². The Hall–Kier alpha value is -2.04. The van der Waals surface area contributed by atoms with Gasteiger partial charge in [0.2, 0.25) is 5.91 Å². The average molecular weight is 263 g/mol. The van der Waals surface area contributed by atoms with Crippen molar-refractivity contribution in [3.63, 3.8) is 0 Å². The van der Waals surface area contributed by atoms with Gasteiger partial charge in [-0.3, -0.25) is 9.59 Å². The molecule has 0 aliphatic rings. The van der Waals surface area contributed by atoms with Gasteiger partial charge in [-0.15, -0.1) is 0 Å². The van der Waals surface area contributed by atoms with Gasteiger partial charge in [0.15, 0.2) is 0 Å². The highest BCUT2D eigenvalue weighted by molar-refractivity contribution is 5.99. The minimum Gasteiger partial charge on any atom is -0.398 e. The smallest absolute Gasteiger partial charge is 0.253 e. The van der Waals surface area contributed by atoms with E-state index < -0.39 is 0 Å². The molecule has 2 amide bonds. The number of amides is 2. The largest absolute Gasteiger partial charge is 0.398 e. The Labute approximate surface area is 113 Å². The molecule has 0 saturated carbocycles. The Kier molecular flexibility index (Phi) is 5.85. The quantitative estimate of drug-likeness (QED) is 0.676. The maximum absolute atomic E-state index is 11.8. The third-order valence-electron chi connectivity index (χ3n) is 2.86. The molecule has 0 saturated heterocycles. The Balaban J connectivity index is 2.36. The summed E-state index contributed by atoms with van der Waals surface area (Å²) in [6, 6.07) is 7.01. The van der Waals surface area contributed by atoms with Crippen molar-refractivity contribution >= 4 is 17.5 Å². The van der Waals surface area contributed by atoms with Crippen LogP contribution in [0.1, 0.15) is 37.0 Å². The number of carbonyl (C=O) groups is 2. The van der Waals surface area contributed by atoms with Gasteiger partial charge in [0.1, 0.15) is 0 Å². The molecule has 0 fully saturated rings. The van der Waals surface area contributed by atoms with Crippen molar-refractivity contribution in [2.24, 2.45) is 0 Å². The fourth-order valence-corrected chi connectivity index (χ4v) is 1.54. The summed E-state index contributed by atoms with van der Waals surface area (Å²) in [6.45, 7) is 4.25. The van der Waals surface area contributed by atoms with Gasteiger partial charge in [0.05, 0.1) is 5.56 Å². The molecule has 1 aromatic rings. The fourth-order valence-electron chi connectivity index (χ4n) is 1.54. The molecule has 1 atom stereocenters. The molecule has 19 heavy (non-hydrogen) atoms. The number of carbonyl (C=O) groups excluding carboxylic acids is 2. The van der Waals surface area contributed by atoms with Crippen LogP contribution >= 0.6 is 0 Å². The van der Waals surface area contributed by atoms with Crippen LogP contribution in [0.5, 0.6) is 0 Å². The summed E-state index contributed by atoms with van der Waals surface area (Å²) in [7, 11) is 0. The maximum Gasteiger partial charge on any atom is 0.253 e. The molecule has 5 nitrogen and oxygen atoms in total. The maximum atomic E-state index is 11.8. The van der Waals surface area contributed by atoms with E-state index in [4.69, 9.17) is 5.73 Å². The van der Waals surface area contributed by atoms with Crippen molar-refractivity contribution in [2.75, 3.05) is 12.3 Å². The minimum atomic E-state index is -0.255. The van der Waals surface area contributed by atoms with Gasteiger partial charge in [-0.25, -0.2) is 0 Å². The summed E-state index contributed by atoms with van der Waals surface area (Å²) >= 11 is 0. The van der Waals surface area contributed by atoms with Crippen LogP contribution in [0.3, 0.4) is 0 Å². The molecule has 1 unspecified atom stereocenters. The summed E-state index contributed by atoms with van der Waals surface area (Å²) in [5, 5.41) is 5.52. The third-order valence-corrected chi connectivity index (χ3v) is 2.86. The molecule has 5 heteroatoms. The summed E-state index contributed by atoms with van der Waals surface area (Å²) in [5.74, 6) is -0.315. The van der Waals surface area contributed by atoms with Gasteiger partial charge in [0.25, 0.3) is 5.91 Å². The van der Waals surface area contributed by atoms with Crippen LogP contribution in [-0.2, 0) is 4.79 Å². The van der Waals surface area contributed by atoms with Crippen molar-refractivity contribution in [2.45, 2.75) is 32.7 Å². The highest BCUT2D eigenvalue weighted by Crippen LogP contribution is 2.09. The molecule has 0 radical (unpaired) electrons. The Bertz CT molecular complexity index is 446. The van der Waals surface area contributed by atoms with E-state index in [2.05, 4.69) is 10.6 Å². The van der Waals surface area contributed by atoms with E-state index >= 15 is 0 Å². The first-order chi connectivity index (χ1) is 9.04. The Morgan fingerprint density at radius 3 is 2.63 bits per heavy atom. The molecule has 0 heterocycles. The van der Waals surface area contributed by atoms with Gasteiger partial charge >= 0.3 is 0 Å². The third kappa shape index (κ3) is 4.99. The number of hydrogen-bond acceptors (Lipinski definition) is 3. The van der Waals surface area contributed by atoms with Crippen LogP contribution in [-0.4, -0.2) is 24.4 Å². The van der Waals surface area contributed by atoms with E-state index in [0.29, 0.717) is 17.8 Å². The molecule has 4 N–H and O–H groups in total. The summed E-state index contributed by atoms with van der Waals surface area (Å²) in [4.78, 5) is 23.3. The standard InChI is InChI=1S/C14H21N3O2/c1-3-10(2)17-13(18)8-9-16-14(19)11-6-4-5-7-12(11)15/h4-7,10H,3,8-9,15H2,1-2H3,(H,16,19)(H,17,18). The van der Waals surface area contributed by atoms with Crippen LogP contribution in [0.2, 0.25) is 0 Å². The van der Waals surface area contributed by atoms with Gasteiger partial charge in [0, 0.05) is 24.7 Å². The number of hydrogen-bond donors (Lipinski definition) is 3. The normalized spacial score (nSPS) is 11.7. The number of nitrogen functional groups attached to an aromatic ring is 1. The van der Waals surface area contributed by atoms with Crippen molar-refractivity contribution in [1.82, 2.24) is 10.6 Å². The minimum absolute atomic E-state index is 0.0596. The van der Waals surface area contributed by atoms with Crippen LogP contribution in [0.4, 0.5) is 5.69 Å². The highest BCUT2D eigenvalue weighted by atomic mass is 16.2. The second-order valence-corrected chi connectivity index (χ2v) is 4.47. The van der Waals surface area contributed by atoms with E-state index in [1.807, 2.05) is 13.8 Å². The first-order valence-electron chi connectivity index (χ1n) is 6.46. The lowest BCUT2D eigenvalue weighted by atomic mass is 10.1. The number of anilines is 1. The first-order valence-corrected chi connectivity index (χ1v) is 6.46. The molecule has 104 valence electrons. The van der Waals surface area contributed by atoms with E-state index in [1.54, 1.807) is 24.3 Å². The second-order valence-electron chi connectivity index (χ2n) is 4.47. The first kappa shape index (κ1) is 15.0. The number of nitrogens with one attached hydrogen (secondary N) is 2. The van der Waals surface area contributed by atoms with Crippen LogP contribution < -0.4 is 16.4 Å². The molecule has 0 aliphatic carbocycles. The fraction of sp³-hybridized carbons (Fsp3) is 0.429. The van der Waals surface area contributed by atoms with Crippen LogP contribution in [0.25, 0.3) is 0 Å². The lowest BCUT2D eigenvalue weighted by Crippen LogP contribution is -2.35. The summed E-state index contributed by atoms with van der Waals surface area (Å²) in [6.07, 6.45) is 1.15. The number of benzene rings is 1. The molecule has 0 bridgehead atoms. The molecule has 0 spiro atoms. The summed E-state index contributed by atoms with van der Waals surface area (Å²) < 4.78 is 0. The van der Waals surface area contributed by atoms with Crippen molar-refractivity contribution in [3.8, 4) is 0 Å². The van der Waals surface area contributed by atoms with Crippen LogP contribution in [0, 0.1) is 0 Å². The Morgan fingerprint density at radius 2 is 2.00 bits per heavy atom. The Morgan fingerprint density at radius 1 is 1.32 bits per heavy atom. The monoisotopic (exact) mass is 263 g/mol. The van der Waals surface area contributed by atoms with Crippen molar-refractivity contribution in [1.29, 1.82) is 0 Å². The predicted octanol–water partition coefficient (Wildman–Crippen LogP) is 1.30. The molecule has 0 aromatic heterocycles. The number of nitrogens with two attached hydrogens (primary N) is 1. The van der Waals surface area contributed by atoms with E-state index in [0.717, 1.165) is 6.42 Å². The zero-order chi connectivity index (χ0) is 14.3. The SMILES string of the molecule is CCC(C)NC(=O)CCNC(=O)c1ccccc1N. The van der Waals surface area contributed by atoms with E-state index in [9.17, 15) is 9.59 Å². The van der Waals surface area contributed by atoms with Gasteiger partial charge in [-0.1, -0.05) is 19.1 Å². The molecule has 1 rings (SSSR count).